The third-order valence-electron chi connectivity index (χ3n) is 2.10. The highest BCUT2D eigenvalue weighted by atomic mass is 32.2. The lowest BCUT2D eigenvalue weighted by molar-refractivity contribution is 0.350. The van der Waals surface area contributed by atoms with E-state index in [9.17, 15) is 12.8 Å². The molecule has 0 radical (unpaired) electrons. The molecule has 0 aliphatic rings. The van der Waals surface area contributed by atoms with Crippen LogP contribution >= 0.6 is 0 Å². The first kappa shape index (κ1) is 15.5. The molecule has 19 heavy (non-hydrogen) atoms. The Morgan fingerprint density at radius 1 is 1.42 bits per heavy atom. The van der Waals surface area contributed by atoms with Crippen LogP contribution in [0.3, 0.4) is 0 Å². The van der Waals surface area contributed by atoms with Crippen LogP contribution in [0, 0.1) is 23.6 Å². The summed E-state index contributed by atoms with van der Waals surface area (Å²) in [6, 6.07) is 3.87. The quantitative estimate of drug-likeness (QED) is 0.825. The molecule has 0 saturated heterocycles. The van der Waals surface area contributed by atoms with Gasteiger partial charge in [0.15, 0.2) is 0 Å². The van der Waals surface area contributed by atoms with Crippen molar-refractivity contribution < 1.29 is 17.9 Å². The van der Waals surface area contributed by atoms with Gasteiger partial charge >= 0.3 is 0 Å². The summed E-state index contributed by atoms with van der Waals surface area (Å²) in [5, 5.41) is 8.52. The fourth-order valence-corrected chi connectivity index (χ4v) is 2.92. The summed E-state index contributed by atoms with van der Waals surface area (Å²) in [6.07, 6.45) is 0. The summed E-state index contributed by atoms with van der Waals surface area (Å²) in [7, 11) is -3.47. The van der Waals surface area contributed by atoms with Crippen LogP contribution in [0.1, 0.15) is 19.4 Å². The van der Waals surface area contributed by atoms with Crippen LogP contribution < -0.4 is 4.72 Å². The first-order valence-corrected chi connectivity index (χ1v) is 7.39. The summed E-state index contributed by atoms with van der Waals surface area (Å²) in [5.41, 5.74) is 0.272. The van der Waals surface area contributed by atoms with Crippen molar-refractivity contribution in [2.75, 3.05) is 17.1 Å². The summed E-state index contributed by atoms with van der Waals surface area (Å²) in [6.45, 7) is 3.21. The second-order valence-electron chi connectivity index (χ2n) is 4.43. The number of aliphatic hydroxyl groups is 1. The van der Waals surface area contributed by atoms with E-state index in [4.69, 9.17) is 5.11 Å². The maximum atomic E-state index is 13.6. The Morgan fingerprint density at radius 3 is 2.63 bits per heavy atom. The minimum absolute atomic E-state index is 0.0166. The normalized spacial score (nSPS) is 11.0. The van der Waals surface area contributed by atoms with Gasteiger partial charge in [-0.1, -0.05) is 25.7 Å². The average Bonchev–Trinajstić information content (AvgIpc) is 2.25. The van der Waals surface area contributed by atoms with Crippen LogP contribution in [-0.2, 0) is 10.0 Å². The molecule has 0 aromatic heterocycles. The van der Waals surface area contributed by atoms with Gasteiger partial charge in [-0.25, -0.2) is 12.8 Å². The van der Waals surface area contributed by atoms with Gasteiger partial charge in [0.1, 0.15) is 12.4 Å². The van der Waals surface area contributed by atoms with E-state index in [0.29, 0.717) is 0 Å². The predicted octanol–water partition coefficient (Wildman–Crippen LogP) is 1.57. The van der Waals surface area contributed by atoms with Crippen molar-refractivity contribution in [3.05, 3.63) is 29.6 Å². The zero-order chi connectivity index (χ0) is 14.5. The van der Waals surface area contributed by atoms with Crippen LogP contribution in [0.5, 0.6) is 0 Å². The summed E-state index contributed by atoms with van der Waals surface area (Å²) in [4.78, 5) is 0. The Bertz CT molecular complexity index is 600. The van der Waals surface area contributed by atoms with Crippen LogP contribution in [0.4, 0.5) is 10.1 Å². The molecule has 0 saturated carbocycles. The molecule has 1 aromatic rings. The number of hydrogen-bond donors (Lipinski definition) is 2. The Labute approximate surface area is 112 Å². The number of aliphatic hydroxyl groups excluding tert-OH is 1. The van der Waals surface area contributed by atoms with Gasteiger partial charge in [-0.15, -0.1) is 0 Å². The van der Waals surface area contributed by atoms with E-state index in [2.05, 4.69) is 16.6 Å². The molecule has 0 aliphatic carbocycles. The topological polar surface area (TPSA) is 66.4 Å². The van der Waals surface area contributed by atoms with Gasteiger partial charge in [-0.3, -0.25) is 4.72 Å². The van der Waals surface area contributed by atoms with Crippen molar-refractivity contribution in [1.82, 2.24) is 0 Å². The van der Waals surface area contributed by atoms with Crippen molar-refractivity contribution in [2.45, 2.75) is 13.8 Å². The van der Waals surface area contributed by atoms with Gasteiger partial charge in [-0.2, -0.15) is 0 Å². The van der Waals surface area contributed by atoms with Gasteiger partial charge < -0.3 is 5.11 Å². The van der Waals surface area contributed by atoms with E-state index in [1.165, 1.54) is 12.1 Å². The smallest absolute Gasteiger partial charge is 0.232 e. The number of anilines is 1. The van der Waals surface area contributed by atoms with Crippen LogP contribution in [-0.4, -0.2) is 25.9 Å². The summed E-state index contributed by atoms with van der Waals surface area (Å²) < 4.78 is 39.3. The van der Waals surface area contributed by atoms with Crippen LogP contribution in [0.2, 0.25) is 0 Å². The molecule has 0 heterocycles. The van der Waals surface area contributed by atoms with E-state index in [-0.39, 0.29) is 29.5 Å². The van der Waals surface area contributed by atoms with Gasteiger partial charge in [-0.05, 0) is 24.1 Å². The molecule has 0 aliphatic heterocycles. The minimum Gasteiger partial charge on any atom is -0.384 e. The van der Waals surface area contributed by atoms with Gasteiger partial charge in [0.05, 0.1) is 17.0 Å². The Hall–Kier alpha value is -1.58. The Balaban J connectivity index is 2.90. The third kappa shape index (κ3) is 5.28. The molecule has 2 N–H and O–H groups in total. The van der Waals surface area contributed by atoms with Gasteiger partial charge in [0.2, 0.25) is 10.0 Å². The average molecular weight is 285 g/mol. The highest BCUT2D eigenvalue weighted by molar-refractivity contribution is 7.92. The number of sulfonamides is 1. The van der Waals surface area contributed by atoms with Crippen molar-refractivity contribution in [3.63, 3.8) is 0 Å². The predicted molar refractivity (Wildman–Crippen MR) is 72.6 cm³/mol. The lowest BCUT2D eigenvalue weighted by Gasteiger charge is -2.10. The van der Waals surface area contributed by atoms with Crippen molar-refractivity contribution in [1.29, 1.82) is 0 Å². The molecule has 1 aromatic carbocycles. The van der Waals surface area contributed by atoms with Crippen LogP contribution in [0.15, 0.2) is 18.2 Å². The second kappa shape index (κ2) is 6.55. The fourth-order valence-electron chi connectivity index (χ4n) is 1.47. The molecule has 0 bridgehead atoms. The molecule has 0 spiro atoms. The molecule has 4 nitrogen and oxygen atoms in total. The zero-order valence-electron chi connectivity index (χ0n) is 10.8. The number of rotatable bonds is 4. The Kier molecular flexibility index (Phi) is 5.33. The first-order valence-electron chi connectivity index (χ1n) is 5.74. The monoisotopic (exact) mass is 285 g/mol. The second-order valence-corrected chi connectivity index (χ2v) is 6.20. The van der Waals surface area contributed by atoms with Crippen LogP contribution in [0.25, 0.3) is 0 Å². The van der Waals surface area contributed by atoms with E-state index in [1.54, 1.807) is 13.8 Å². The number of benzene rings is 1. The molecular weight excluding hydrogens is 269 g/mol. The number of halogens is 1. The molecule has 1 rings (SSSR count). The van der Waals surface area contributed by atoms with E-state index < -0.39 is 15.8 Å². The first-order chi connectivity index (χ1) is 8.84. The maximum Gasteiger partial charge on any atom is 0.232 e. The van der Waals surface area contributed by atoms with Crippen molar-refractivity contribution in [3.8, 4) is 11.8 Å². The number of nitrogens with one attached hydrogen (secondary N) is 1. The SMILES string of the molecule is CC(C)CS(=O)(=O)Nc1ccc(C#CCO)c(F)c1. The lowest BCUT2D eigenvalue weighted by atomic mass is 10.2. The molecule has 0 amide bonds. The van der Waals surface area contributed by atoms with Crippen molar-refractivity contribution >= 4 is 15.7 Å². The number of hydrogen-bond acceptors (Lipinski definition) is 3. The minimum atomic E-state index is -3.47. The largest absolute Gasteiger partial charge is 0.384 e. The molecule has 0 atom stereocenters. The van der Waals surface area contributed by atoms with E-state index in [1.807, 2.05) is 0 Å². The molecule has 0 unspecified atom stereocenters. The highest BCUT2D eigenvalue weighted by Crippen LogP contribution is 2.16. The zero-order valence-corrected chi connectivity index (χ0v) is 11.6. The van der Waals surface area contributed by atoms with E-state index >= 15 is 0 Å². The highest BCUT2D eigenvalue weighted by Gasteiger charge is 2.13. The van der Waals surface area contributed by atoms with Gasteiger partial charge in [0, 0.05) is 0 Å². The third-order valence-corrected chi connectivity index (χ3v) is 3.75. The van der Waals surface area contributed by atoms with Gasteiger partial charge in [0.25, 0.3) is 0 Å². The molecule has 0 fully saturated rings. The Morgan fingerprint density at radius 2 is 2.11 bits per heavy atom. The summed E-state index contributed by atoms with van der Waals surface area (Å²) >= 11 is 0. The summed E-state index contributed by atoms with van der Waals surface area (Å²) in [5.74, 6) is 4.08. The maximum absolute atomic E-state index is 13.6. The molecule has 104 valence electrons. The molecule has 6 heteroatoms. The molecular formula is C13H16FNO3S. The standard InChI is InChI=1S/C13H16FNO3S/c1-10(2)9-19(17,18)15-12-6-5-11(4-3-7-16)13(14)8-12/h5-6,8,10,15-16H,7,9H2,1-2H3. The lowest BCUT2D eigenvalue weighted by Crippen LogP contribution is -2.20. The van der Waals surface area contributed by atoms with Crippen molar-refractivity contribution in [2.24, 2.45) is 5.92 Å². The van der Waals surface area contributed by atoms with E-state index in [0.717, 1.165) is 6.07 Å². The fraction of sp³-hybridized carbons (Fsp3) is 0.385.